The van der Waals surface area contributed by atoms with Crippen LogP contribution in [0, 0.1) is 5.41 Å². The summed E-state index contributed by atoms with van der Waals surface area (Å²) in [5.41, 5.74) is -1.86. The van der Waals surface area contributed by atoms with Crippen LogP contribution in [0.4, 0.5) is 43.9 Å². The highest BCUT2D eigenvalue weighted by Crippen LogP contribution is 2.65. The van der Waals surface area contributed by atoms with E-state index < -0.39 is 47.1 Å². The highest BCUT2D eigenvalue weighted by atomic mass is 19.4. The third-order valence-corrected chi connectivity index (χ3v) is 3.96. The molecule has 0 N–H and O–H groups in total. The zero-order valence-corrected chi connectivity index (χ0v) is 12.4. The summed E-state index contributed by atoms with van der Waals surface area (Å²) >= 11 is 0. The maximum atomic E-state index is 14.1. The number of hydrogen-bond donors (Lipinski definition) is 0. The summed E-state index contributed by atoms with van der Waals surface area (Å²) in [4.78, 5) is 11.5. The van der Waals surface area contributed by atoms with E-state index in [1.165, 1.54) is 6.92 Å². The second-order valence-electron chi connectivity index (χ2n) is 5.98. The van der Waals surface area contributed by atoms with Crippen LogP contribution in [-0.4, -0.2) is 41.7 Å². The number of carbonyl (C=O) groups is 1. The van der Waals surface area contributed by atoms with Gasteiger partial charge in [0.1, 0.15) is 0 Å². The Hall–Kier alpha value is -1.23. The lowest BCUT2D eigenvalue weighted by Crippen LogP contribution is -2.80. The fraction of sp³-hybridized carbons (Fsp3) is 0.917. The molecule has 0 aromatic rings. The fourth-order valence-corrected chi connectivity index (χ4v) is 1.71. The maximum Gasteiger partial charge on any atom is 0.387 e. The largest absolute Gasteiger partial charge is 0.418 e. The standard InChI is InChI=1S/C12H12F10O2/c1-4-7(2,3)6(23)24-9(16)5(13)8(14,15)10(17,18)12(21,22)11(9,19)20/h5H,4H2,1-3H3. The predicted molar refractivity (Wildman–Crippen MR) is 58.7 cm³/mol. The second kappa shape index (κ2) is 5.13. The van der Waals surface area contributed by atoms with Crippen molar-refractivity contribution in [1.82, 2.24) is 0 Å². The van der Waals surface area contributed by atoms with Crippen LogP contribution in [0.3, 0.4) is 0 Å². The molecule has 0 aromatic heterocycles. The molecular weight excluding hydrogens is 366 g/mol. The van der Waals surface area contributed by atoms with Gasteiger partial charge in [0.25, 0.3) is 0 Å². The quantitative estimate of drug-likeness (QED) is 0.533. The van der Waals surface area contributed by atoms with Crippen molar-refractivity contribution < 1.29 is 53.4 Å². The van der Waals surface area contributed by atoms with E-state index in [0.29, 0.717) is 0 Å². The van der Waals surface area contributed by atoms with Crippen molar-refractivity contribution in [3.8, 4) is 0 Å². The molecule has 2 atom stereocenters. The van der Waals surface area contributed by atoms with Crippen LogP contribution >= 0.6 is 0 Å². The van der Waals surface area contributed by atoms with Gasteiger partial charge in [0.05, 0.1) is 5.41 Å². The van der Waals surface area contributed by atoms with Crippen molar-refractivity contribution in [1.29, 1.82) is 0 Å². The molecule has 1 rings (SSSR count). The Morgan fingerprint density at radius 2 is 1.33 bits per heavy atom. The van der Waals surface area contributed by atoms with E-state index in [1.54, 1.807) is 0 Å². The molecule has 0 aromatic carbocycles. The summed E-state index contributed by atoms with van der Waals surface area (Å²) in [6, 6.07) is 0. The van der Waals surface area contributed by atoms with Crippen molar-refractivity contribution in [2.24, 2.45) is 5.41 Å². The second-order valence-corrected chi connectivity index (χ2v) is 5.98. The average Bonchev–Trinajstić information content (AvgIpc) is 2.44. The molecule has 0 aliphatic heterocycles. The first-order valence-corrected chi connectivity index (χ1v) is 6.42. The minimum Gasteiger partial charge on any atom is -0.418 e. The van der Waals surface area contributed by atoms with Crippen molar-refractivity contribution >= 4 is 5.97 Å². The van der Waals surface area contributed by atoms with Crippen molar-refractivity contribution in [2.45, 2.75) is 62.9 Å². The Balaban J connectivity index is 3.54. The zero-order valence-electron chi connectivity index (χ0n) is 12.4. The Morgan fingerprint density at radius 1 is 0.917 bits per heavy atom. The SMILES string of the molecule is CCC(C)(C)C(=O)OC1(F)C(F)C(F)(F)C(F)(F)C(F)(F)C1(F)F. The Kier molecular flexibility index (Phi) is 4.45. The highest BCUT2D eigenvalue weighted by molar-refractivity contribution is 5.76. The molecule has 0 amide bonds. The molecule has 0 bridgehead atoms. The van der Waals surface area contributed by atoms with Crippen molar-refractivity contribution in [3.63, 3.8) is 0 Å². The summed E-state index contributed by atoms with van der Waals surface area (Å²) in [7, 11) is 0. The van der Waals surface area contributed by atoms with Gasteiger partial charge in [0.2, 0.25) is 6.17 Å². The highest BCUT2D eigenvalue weighted by Gasteiger charge is 2.96. The molecule has 0 saturated heterocycles. The molecule has 0 spiro atoms. The van der Waals surface area contributed by atoms with Gasteiger partial charge in [-0.15, -0.1) is 0 Å². The van der Waals surface area contributed by atoms with Gasteiger partial charge in [-0.3, -0.25) is 4.79 Å². The number of alkyl halides is 10. The van der Waals surface area contributed by atoms with Crippen LogP contribution < -0.4 is 0 Å². The minimum atomic E-state index is -7.03. The molecule has 1 saturated carbocycles. The molecule has 1 aliphatic rings. The third kappa shape index (κ3) is 2.20. The average molecular weight is 378 g/mol. The van der Waals surface area contributed by atoms with Gasteiger partial charge >= 0.3 is 35.5 Å². The topological polar surface area (TPSA) is 26.3 Å². The van der Waals surface area contributed by atoms with Crippen LogP contribution in [0.15, 0.2) is 0 Å². The van der Waals surface area contributed by atoms with E-state index in [9.17, 15) is 48.7 Å². The number of carbonyl (C=O) groups excluding carboxylic acids is 1. The van der Waals surface area contributed by atoms with Gasteiger partial charge in [-0.05, 0) is 20.3 Å². The monoisotopic (exact) mass is 378 g/mol. The molecule has 24 heavy (non-hydrogen) atoms. The maximum absolute atomic E-state index is 14.1. The smallest absolute Gasteiger partial charge is 0.387 e. The van der Waals surface area contributed by atoms with Crippen molar-refractivity contribution in [2.75, 3.05) is 0 Å². The van der Waals surface area contributed by atoms with Crippen molar-refractivity contribution in [3.05, 3.63) is 0 Å². The van der Waals surface area contributed by atoms with Crippen LogP contribution in [0.1, 0.15) is 27.2 Å². The molecule has 12 heteroatoms. The predicted octanol–water partition coefficient (Wildman–Crippen LogP) is 4.52. The minimum absolute atomic E-state index is 0.270. The summed E-state index contributed by atoms with van der Waals surface area (Å²) in [6.07, 6.45) is -5.50. The number of hydrogen-bond acceptors (Lipinski definition) is 2. The van der Waals surface area contributed by atoms with E-state index in [4.69, 9.17) is 0 Å². The first kappa shape index (κ1) is 20.8. The molecule has 0 radical (unpaired) electrons. The van der Waals surface area contributed by atoms with E-state index in [-0.39, 0.29) is 6.42 Å². The van der Waals surface area contributed by atoms with Gasteiger partial charge < -0.3 is 4.74 Å². The molecule has 142 valence electrons. The molecule has 1 fully saturated rings. The summed E-state index contributed by atoms with van der Waals surface area (Å²) < 4.78 is 137. The molecule has 2 unspecified atom stereocenters. The van der Waals surface area contributed by atoms with Crippen LogP contribution in [0.25, 0.3) is 0 Å². The normalized spacial score (nSPS) is 33.8. The van der Waals surface area contributed by atoms with Gasteiger partial charge in [-0.25, -0.2) is 4.39 Å². The lowest BCUT2D eigenvalue weighted by atomic mass is 9.80. The Bertz CT molecular complexity index is 530. The lowest BCUT2D eigenvalue weighted by molar-refractivity contribution is -0.474. The zero-order chi connectivity index (χ0) is 19.6. The summed E-state index contributed by atoms with van der Waals surface area (Å²) in [5, 5.41) is 0. The molecule has 1 aliphatic carbocycles. The van der Waals surface area contributed by atoms with Gasteiger partial charge in [-0.2, -0.15) is 39.5 Å². The lowest BCUT2D eigenvalue weighted by Gasteiger charge is -2.49. The van der Waals surface area contributed by atoms with Crippen LogP contribution in [0.2, 0.25) is 0 Å². The van der Waals surface area contributed by atoms with E-state index >= 15 is 0 Å². The van der Waals surface area contributed by atoms with Gasteiger partial charge in [0, 0.05) is 0 Å². The number of halogens is 10. The first-order valence-electron chi connectivity index (χ1n) is 6.42. The van der Waals surface area contributed by atoms with E-state index in [0.717, 1.165) is 13.8 Å². The summed E-state index contributed by atoms with van der Waals surface area (Å²) in [5.74, 6) is -35.4. The Labute approximate surface area is 129 Å². The van der Waals surface area contributed by atoms with Crippen LogP contribution in [-0.2, 0) is 9.53 Å². The third-order valence-electron chi connectivity index (χ3n) is 3.96. The van der Waals surface area contributed by atoms with E-state index in [2.05, 4.69) is 4.74 Å². The molecule has 2 nitrogen and oxygen atoms in total. The number of esters is 1. The summed E-state index contributed by atoms with van der Waals surface area (Å²) in [6.45, 7) is 3.09. The van der Waals surface area contributed by atoms with Gasteiger partial charge in [-0.1, -0.05) is 6.92 Å². The fourth-order valence-electron chi connectivity index (χ4n) is 1.71. The number of rotatable bonds is 3. The number of ether oxygens (including phenoxy) is 1. The Morgan fingerprint density at radius 3 is 1.71 bits per heavy atom. The molecule has 0 heterocycles. The molecular formula is C12H12F10O2. The van der Waals surface area contributed by atoms with Gasteiger partial charge in [0.15, 0.2) is 0 Å². The first-order chi connectivity index (χ1) is 10.3. The van der Waals surface area contributed by atoms with E-state index in [1.807, 2.05) is 0 Å². The van der Waals surface area contributed by atoms with Crippen LogP contribution in [0.5, 0.6) is 0 Å².